The third-order valence-electron chi connectivity index (χ3n) is 4.67. The number of benzene rings is 2. The van der Waals surface area contributed by atoms with Crippen molar-refractivity contribution >= 4 is 22.4 Å². The van der Waals surface area contributed by atoms with Crippen molar-refractivity contribution in [3.63, 3.8) is 0 Å². The highest BCUT2D eigenvalue weighted by molar-refractivity contribution is 5.86. The Morgan fingerprint density at radius 1 is 1.04 bits per heavy atom. The van der Waals surface area contributed by atoms with E-state index < -0.39 is 0 Å². The van der Waals surface area contributed by atoms with Crippen molar-refractivity contribution < 1.29 is 0 Å². The molecule has 0 saturated carbocycles. The first-order valence-corrected chi connectivity index (χ1v) is 8.78. The zero-order valence-electron chi connectivity index (χ0n) is 15.0. The molecule has 5 nitrogen and oxygen atoms in total. The number of hydrogen-bond acceptors (Lipinski definition) is 4. The lowest BCUT2D eigenvalue weighted by molar-refractivity contribution is 1.17. The summed E-state index contributed by atoms with van der Waals surface area (Å²) in [6, 6.07) is 20.2. The van der Waals surface area contributed by atoms with E-state index in [1.807, 2.05) is 36.4 Å². The summed E-state index contributed by atoms with van der Waals surface area (Å²) in [4.78, 5) is 19.1. The zero-order chi connectivity index (χ0) is 18.8. The van der Waals surface area contributed by atoms with Crippen LogP contribution in [0.5, 0.6) is 0 Å². The minimum Gasteiger partial charge on any atom is -0.384 e. The van der Waals surface area contributed by atoms with Crippen LogP contribution in [0.2, 0.25) is 0 Å². The maximum Gasteiger partial charge on any atom is 0.271 e. The van der Waals surface area contributed by atoms with Crippen LogP contribution in [0, 0.1) is 0 Å². The number of H-pyrrole nitrogens is 1. The van der Waals surface area contributed by atoms with Gasteiger partial charge in [-0.05, 0) is 41.0 Å². The highest BCUT2D eigenvalue weighted by Crippen LogP contribution is 2.27. The van der Waals surface area contributed by atoms with Gasteiger partial charge in [0.25, 0.3) is 5.56 Å². The third kappa shape index (κ3) is 3.40. The van der Waals surface area contributed by atoms with Gasteiger partial charge in [-0.3, -0.25) is 4.79 Å². The Morgan fingerprint density at radius 3 is 2.63 bits per heavy atom. The second kappa shape index (κ2) is 6.96. The van der Waals surface area contributed by atoms with E-state index in [0.717, 1.165) is 34.0 Å². The van der Waals surface area contributed by atoms with Crippen molar-refractivity contribution in [1.29, 1.82) is 0 Å². The molecule has 27 heavy (non-hydrogen) atoms. The number of nitrogens with one attached hydrogen (secondary N) is 2. The fraction of sp³-hybridized carbons (Fsp3) is 0.0909. The predicted octanol–water partition coefficient (Wildman–Crippen LogP) is 3.80. The topological polar surface area (TPSA) is 83.8 Å². The molecule has 2 aromatic heterocycles. The molecule has 0 spiro atoms. The van der Waals surface area contributed by atoms with Gasteiger partial charge >= 0.3 is 0 Å². The van der Waals surface area contributed by atoms with Crippen molar-refractivity contribution in [2.75, 3.05) is 18.1 Å². The van der Waals surface area contributed by atoms with Crippen LogP contribution < -0.4 is 16.6 Å². The molecule has 4 N–H and O–H groups in total. The molecule has 5 heteroatoms. The van der Waals surface area contributed by atoms with Gasteiger partial charge in [0, 0.05) is 30.6 Å². The molecular formula is C22H20N4O. The number of rotatable bonds is 4. The molecule has 0 atom stereocenters. The smallest absolute Gasteiger partial charge is 0.271 e. The number of nitrogens with two attached hydrogens (primary N) is 1. The fourth-order valence-corrected chi connectivity index (χ4v) is 3.21. The van der Waals surface area contributed by atoms with Gasteiger partial charge in [0.15, 0.2) is 0 Å². The zero-order valence-corrected chi connectivity index (χ0v) is 15.0. The van der Waals surface area contributed by atoms with E-state index in [1.54, 1.807) is 13.2 Å². The summed E-state index contributed by atoms with van der Waals surface area (Å²) < 4.78 is 0. The molecular weight excluding hydrogens is 336 g/mol. The van der Waals surface area contributed by atoms with Gasteiger partial charge < -0.3 is 16.0 Å². The summed E-state index contributed by atoms with van der Waals surface area (Å²) in [6.07, 6.45) is 2.46. The molecule has 4 aromatic rings. The lowest BCUT2D eigenvalue weighted by atomic mass is 10.0. The molecule has 0 fully saturated rings. The third-order valence-corrected chi connectivity index (χ3v) is 4.67. The average molecular weight is 356 g/mol. The van der Waals surface area contributed by atoms with E-state index in [9.17, 15) is 4.79 Å². The van der Waals surface area contributed by atoms with Crippen LogP contribution in [0.4, 0.5) is 11.5 Å². The van der Waals surface area contributed by atoms with E-state index >= 15 is 0 Å². The molecule has 2 aromatic carbocycles. The van der Waals surface area contributed by atoms with Crippen molar-refractivity contribution in [3.05, 3.63) is 88.3 Å². The Balaban J connectivity index is 1.77. The number of aromatic nitrogens is 2. The maximum absolute atomic E-state index is 11.8. The van der Waals surface area contributed by atoms with Crippen molar-refractivity contribution in [2.45, 2.75) is 6.42 Å². The minimum absolute atomic E-state index is 0.137. The molecule has 0 aliphatic rings. The van der Waals surface area contributed by atoms with Crippen molar-refractivity contribution in [1.82, 2.24) is 9.97 Å². The van der Waals surface area contributed by atoms with Crippen LogP contribution in [-0.2, 0) is 6.42 Å². The molecule has 2 heterocycles. The number of nitrogens with zero attached hydrogens (tertiary/aromatic N) is 1. The lowest BCUT2D eigenvalue weighted by Crippen LogP contribution is -2.10. The van der Waals surface area contributed by atoms with Crippen molar-refractivity contribution in [3.8, 4) is 11.1 Å². The van der Waals surface area contributed by atoms with Crippen LogP contribution in [-0.4, -0.2) is 17.0 Å². The summed E-state index contributed by atoms with van der Waals surface area (Å²) in [6.45, 7) is 0. The predicted molar refractivity (Wildman–Crippen MR) is 111 cm³/mol. The lowest BCUT2D eigenvalue weighted by Gasteiger charge is -2.10. The monoisotopic (exact) mass is 356 g/mol. The maximum atomic E-state index is 11.8. The van der Waals surface area contributed by atoms with Crippen LogP contribution in [0.3, 0.4) is 0 Å². The first-order valence-electron chi connectivity index (χ1n) is 8.78. The van der Waals surface area contributed by atoms with Gasteiger partial charge in [-0.25, -0.2) is 4.98 Å². The molecule has 0 unspecified atom stereocenters. The largest absolute Gasteiger partial charge is 0.384 e. The van der Waals surface area contributed by atoms with E-state index in [0.29, 0.717) is 11.5 Å². The standard InChI is InChI=1S/C22H20N4O/c1-24-20-12-18(13-25-22(20)27)15-7-8-19-16(10-15)11-17(21(23)26-19)9-14-5-3-2-4-6-14/h2-8,10-13,24H,9H2,1H3,(H2,23,26)(H,25,27). The number of pyridine rings is 2. The highest BCUT2D eigenvalue weighted by atomic mass is 16.1. The van der Waals surface area contributed by atoms with E-state index in [-0.39, 0.29) is 5.56 Å². The molecule has 0 aliphatic heterocycles. The first-order chi connectivity index (χ1) is 13.1. The summed E-state index contributed by atoms with van der Waals surface area (Å²) in [5.74, 6) is 0.556. The Morgan fingerprint density at radius 2 is 1.85 bits per heavy atom. The van der Waals surface area contributed by atoms with Crippen molar-refractivity contribution in [2.24, 2.45) is 0 Å². The molecule has 0 amide bonds. The molecule has 134 valence electrons. The van der Waals surface area contributed by atoms with E-state index in [2.05, 4.69) is 39.6 Å². The average Bonchev–Trinajstić information content (AvgIpc) is 2.69. The van der Waals surface area contributed by atoms with E-state index in [1.165, 1.54) is 5.56 Å². The number of aromatic amines is 1. The highest BCUT2D eigenvalue weighted by Gasteiger charge is 2.08. The number of fused-ring (bicyclic) bond motifs is 1. The second-order valence-electron chi connectivity index (χ2n) is 6.48. The van der Waals surface area contributed by atoms with Crippen LogP contribution in [0.1, 0.15) is 11.1 Å². The molecule has 0 bridgehead atoms. The normalized spacial score (nSPS) is 10.9. The van der Waals surface area contributed by atoms with Crippen LogP contribution >= 0.6 is 0 Å². The number of hydrogen-bond donors (Lipinski definition) is 3. The van der Waals surface area contributed by atoms with Crippen LogP contribution in [0.25, 0.3) is 22.0 Å². The van der Waals surface area contributed by atoms with E-state index in [4.69, 9.17) is 5.73 Å². The van der Waals surface area contributed by atoms with Gasteiger partial charge in [-0.1, -0.05) is 36.4 Å². The SMILES string of the molecule is CNc1cc(-c2ccc3nc(N)c(Cc4ccccc4)cc3c2)c[nH]c1=O. The van der Waals surface area contributed by atoms with Gasteiger partial charge in [-0.2, -0.15) is 0 Å². The number of anilines is 2. The van der Waals surface area contributed by atoms with Gasteiger partial charge in [-0.15, -0.1) is 0 Å². The summed E-state index contributed by atoms with van der Waals surface area (Å²) in [7, 11) is 1.73. The molecule has 0 radical (unpaired) electrons. The molecule has 0 saturated heterocycles. The van der Waals surface area contributed by atoms with Gasteiger partial charge in [0.1, 0.15) is 11.5 Å². The first kappa shape index (κ1) is 16.8. The Labute approximate surface area is 156 Å². The van der Waals surface area contributed by atoms with Gasteiger partial charge in [0.2, 0.25) is 0 Å². The minimum atomic E-state index is -0.137. The Kier molecular flexibility index (Phi) is 4.34. The Bertz CT molecular complexity index is 1170. The quantitative estimate of drug-likeness (QED) is 0.519. The fourth-order valence-electron chi connectivity index (χ4n) is 3.21. The van der Waals surface area contributed by atoms with Crippen LogP contribution in [0.15, 0.2) is 71.7 Å². The second-order valence-corrected chi connectivity index (χ2v) is 6.48. The summed E-state index contributed by atoms with van der Waals surface area (Å²) in [5.41, 5.74) is 11.6. The van der Waals surface area contributed by atoms with Gasteiger partial charge in [0.05, 0.1) is 5.52 Å². The summed E-state index contributed by atoms with van der Waals surface area (Å²) >= 11 is 0. The summed E-state index contributed by atoms with van der Waals surface area (Å²) in [5, 5.41) is 3.93. The number of nitrogen functional groups attached to an aromatic ring is 1. The molecule has 4 rings (SSSR count). The Hall–Kier alpha value is -3.60. The molecule has 0 aliphatic carbocycles.